The normalized spacial score (nSPS) is 21.5. The van der Waals surface area contributed by atoms with Crippen molar-refractivity contribution in [3.8, 4) is 11.5 Å². The highest BCUT2D eigenvalue weighted by molar-refractivity contribution is 6.03. The van der Waals surface area contributed by atoms with Crippen LogP contribution in [0.2, 0.25) is 0 Å². The van der Waals surface area contributed by atoms with Gasteiger partial charge in [0.2, 0.25) is 5.91 Å². The Labute approximate surface area is 476 Å². The minimum absolute atomic E-state index is 0.0459. The van der Waals surface area contributed by atoms with Crippen molar-refractivity contribution in [1.82, 2.24) is 25.2 Å². The van der Waals surface area contributed by atoms with Gasteiger partial charge >= 0.3 is 23.9 Å². The van der Waals surface area contributed by atoms with Crippen LogP contribution >= 0.6 is 0 Å². The van der Waals surface area contributed by atoms with Crippen LogP contribution in [-0.4, -0.2) is 166 Å². The molecule has 7 aliphatic heterocycles. The van der Waals surface area contributed by atoms with Crippen LogP contribution in [0.3, 0.4) is 0 Å². The Bertz CT molecular complexity index is 3000. The Kier molecular flexibility index (Phi) is 17.1. The first-order valence-electron chi connectivity index (χ1n) is 29.0. The van der Waals surface area contributed by atoms with Crippen molar-refractivity contribution in [3.63, 3.8) is 0 Å². The largest absolute Gasteiger partial charge is 0.463 e. The molecule has 0 saturated carbocycles. The molecule has 22 heteroatoms. The number of fused-ring (bicyclic) bond motifs is 8. The lowest BCUT2D eigenvalue weighted by atomic mass is 9.70. The maximum Gasteiger partial charge on any atom is 0.303 e. The van der Waals surface area contributed by atoms with Gasteiger partial charge in [-0.1, -0.05) is 23.4 Å². The summed E-state index contributed by atoms with van der Waals surface area (Å²) in [6.07, 6.45) is 4.58. The van der Waals surface area contributed by atoms with Crippen LogP contribution in [0.25, 0.3) is 0 Å². The van der Waals surface area contributed by atoms with Crippen molar-refractivity contribution in [2.24, 2.45) is 0 Å². The fraction of sp³-hybridized carbons (Fsp3) is 0.567. The van der Waals surface area contributed by atoms with Gasteiger partial charge in [-0.2, -0.15) is 0 Å². The molecule has 5 atom stereocenters. The molecule has 1 N–H and O–H groups in total. The molecule has 1 fully saturated rings. The Balaban J connectivity index is 0.655. The van der Waals surface area contributed by atoms with Crippen LogP contribution in [0.5, 0.6) is 11.5 Å². The van der Waals surface area contributed by atoms with E-state index in [1.165, 1.54) is 52.2 Å². The number of hydrogen-bond donors (Lipinski definition) is 1. The van der Waals surface area contributed by atoms with E-state index in [1.807, 2.05) is 17.0 Å². The topological polar surface area (TPSA) is 238 Å². The van der Waals surface area contributed by atoms with Gasteiger partial charge in [-0.3, -0.25) is 28.8 Å². The molecule has 2 unspecified atom stereocenters. The monoisotopic (exact) mass is 1130 g/mol. The number of rotatable bonds is 22. The highest BCUT2D eigenvalue weighted by atomic mass is 16.7. The maximum atomic E-state index is 15.1. The van der Waals surface area contributed by atoms with E-state index in [0.29, 0.717) is 63.7 Å². The summed E-state index contributed by atoms with van der Waals surface area (Å²) in [5.74, 6) is -1.21. The quantitative estimate of drug-likeness (QED) is 0.0621. The molecule has 1 saturated heterocycles. The van der Waals surface area contributed by atoms with Crippen molar-refractivity contribution in [1.29, 1.82) is 0 Å². The molecule has 4 aromatic rings. The lowest BCUT2D eigenvalue weighted by Gasteiger charge is -2.49. The lowest BCUT2D eigenvalue weighted by Crippen LogP contribution is -2.60. The summed E-state index contributed by atoms with van der Waals surface area (Å²) in [4.78, 5) is 83.9. The number of aromatic nitrogens is 3. The van der Waals surface area contributed by atoms with Gasteiger partial charge in [0, 0.05) is 119 Å². The molecule has 0 bridgehead atoms. The van der Waals surface area contributed by atoms with Gasteiger partial charge in [0.25, 0.3) is 5.91 Å². The van der Waals surface area contributed by atoms with Crippen molar-refractivity contribution in [2.45, 2.75) is 135 Å². The summed E-state index contributed by atoms with van der Waals surface area (Å²) in [7, 11) is 0. The number of carbonyl (C=O) groups excluding carboxylic acids is 6. The third-order valence-corrected chi connectivity index (χ3v) is 16.5. The highest BCUT2D eigenvalue weighted by Gasteiger charge is 2.58. The molecule has 0 radical (unpaired) electrons. The van der Waals surface area contributed by atoms with Gasteiger partial charge in [-0.05, 0) is 99.1 Å². The number of nitrogens with one attached hydrogen (secondary N) is 1. The number of benzene rings is 3. The van der Waals surface area contributed by atoms with Crippen molar-refractivity contribution < 1.29 is 71.4 Å². The number of aryl methyl sites for hydroxylation is 3. The average molecular weight is 1130 g/mol. The van der Waals surface area contributed by atoms with Crippen LogP contribution in [-0.2, 0) is 99.5 Å². The van der Waals surface area contributed by atoms with Crippen LogP contribution in [0.1, 0.15) is 127 Å². The first-order valence-corrected chi connectivity index (χ1v) is 29.0. The fourth-order valence-corrected chi connectivity index (χ4v) is 13.4. The van der Waals surface area contributed by atoms with E-state index in [4.69, 9.17) is 42.6 Å². The molecule has 2 amide bonds. The summed E-state index contributed by atoms with van der Waals surface area (Å²) in [6, 6.07) is 12.8. The van der Waals surface area contributed by atoms with E-state index in [1.54, 1.807) is 6.20 Å². The number of nitrogens with zero attached hydrogens (tertiary/aromatic N) is 6. The second-order valence-corrected chi connectivity index (χ2v) is 22.0. The first kappa shape index (κ1) is 56.7. The Morgan fingerprint density at radius 2 is 1.26 bits per heavy atom. The number of hydrogen-bond acceptors (Lipinski definition) is 19. The van der Waals surface area contributed by atoms with Gasteiger partial charge in [0.15, 0.2) is 24.5 Å². The van der Waals surface area contributed by atoms with Crippen LogP contribution in [0, 0.1) is 0 Å². The minimum Gasteiger partial charge on any atom is -0.463 e. The summed E-state index contributed by atoms with van der Waals surface area (Å²) in [6.45, 7) is 10.9. The molecule has 0 aliphatic carbocycles. The van der Waals surface area contributed by atoms with Crippen LogP contribution < -0.4 is 19.9 Å². The van der Waals surface area contributed by atoms with Crippen LogP contribution in [0.4, 0.5) is 11.4 Å². The van der Waals surface area contributed by atoms with E-state index in [9.17, 15) is 24.0 Å². The molecule has 438 valence electrons. The SMILES string of the molecule is CC(=O)OCC1O[C@H](n2cc(CCCOCCOCCOCCC(=O)NCCN3C(=O)c4ccccc4C34c3cc5c6c(c3Oc3c4cc4c7c3CCCN7CCC4)CCCN6CCC5)nn2)C(OC(C)=O)[C@H](OC(C)=O)[C@H]1OC(C)=O. The van der Waals surface area contributed by atoms with Gasteiger partial charge < -0.3 is 62.6 Å². The smallest absolute Gasteiger partial charge is 0.303 e. The number of ether oxygens (including phenoxy) is 9. The van der Waals surface area contributed by atoms with Crippen molar-refractivity contribution in [3.05, 3.63) is 92.8 Å². The molecular formula is C60H73N7O15. The minimum atomic E-state index is -1.34. The molecule has 1 spiro atoms. The summed E-state index contributed by atoms with van der Waals surface area (Å²) < 4.78 is 53.9. The van der Waals surface area contributed by atoms with E-state index in [-0.39, 0.29) is 38.0 Å². The predicted octanol–water partition coefficient (Wildman–Crippen LogP) is 4.97. The zero-order chi connectivity index (χ0) is 57.1. The Morgan fingerprint density at radius 1 is 0.683 bits per heavy atom. The molecular weight excluding hydrogens is 1060 g/mol. The maximum absolute atomic E-state index is 15.1. The number of carbonyl (C=O) groups is 6. The van der Waals surface area contributed by atoms with Crippen molar-refractivity contribution >= 4 is 47.1 Å². The number of amides is 2. The summed E-state index contributed by atoms with van der Waals surface area (Å²) >= 11 is 0. The molecule has 1 aromatic heterocycles. The lowest BCUT2D eigenvalue weighted by molar-refractivity contribution is -0.270. The predicted molar refractivity (Wildman–Crippen MR) is 294 cm³/mol. The second kappa shape index (κ2) is 24.8. The van der Waals surface area contributed by atoms with E-state index >= 15 is 4.79 Å². The van der Waals surface area contributed by atoms with Gasteiger partial charge in [0.1, 0.15) is 29.7 Å². The Hall–Kier alpha value is -7.14. The third-order valence-electron chi connectivity index (χ3n) is 16.5. The van der Waals surface area contributed by atoms with Crippen LogP contribution in [0.15, 0.2) is 42.6 Å². The zero-order valence-corrected chi connectivity index (χ0v) is 47.2. The van der Waals surface area contributed by atoms with Crippen molar-refractivity contribution in [2.75, 3.05) is 95.3 Å². The summed E-state index contributed by atoms with van der Waals surface area (Å²) in [5, 5.41) is 11.5. The second-order valence-electron chi connectivity index (χ2n) is 22.0. The standard InChI is InChI=1S/C60H73N7O15/c1-36(68)77-35-49-55(78-37(2)69)56(79-38(3)70)57(80-39(4)71)59(81-49)67-34-42(62-63-67)14-11-26-74-28-30-76-31-29-75-27-19-50(72)61-20-25-66-58(73)43-15-5-6-18-46(43)60(66)47-32-40-12-7-21-64-23-9-16-44(51(40)64)53(47)82-54-45-17-10-24-65-22-8-13-41(52(45)65)33-48(54)60/h5-6,15,18,32-34,49,55-57,59H,7-14,16-17,19-31,35H2,1-4H3,(H,61,72)/t49?,55-,56+,57?,59-/m0/s1. The molecule has 82 heavy (non-hydrogen) atoms. The molecule has 3 aromatic carbocycles. The molecule has 11 rings (SSSR count). The van der Waals surface area contributed by atoms with Gasteiger partial charge in [-0.25, -0.2) is 4.68 Å². The third kappa shape index (κ3) is 11.3. The van der Waals surface area contributed by atoms with E-state index in [0.717, 1.165) is 120 Å². The molecule has 8 heterocycles. The highest BCUT2D eigenvalue weighted by Crippen LogP contribution is 2.62. The van der Waals surface area contributed by atoms with E-state index < -0.39 is 60.1 Å². The van der Waals surface area contributed by atoms with Gasteiger partial charge in [-0.15, -0.1) is 5.10 Å². The molecule has 22 nitrogen and oxygen atoms in total. The number of esters is 4. The average Bonchev–Trinajstić information content (AvgIpc) is 1.79. The first-order chi connectivity index (χ1) is 39.8. The molecule has 7 aliphatic rings. The van der Waals surface area contributed by atoms with E-state index in [2.05, 4.69) is 49.7 Å². The zero-order valence-electron chi connectivity index (χ0n) is 47.2. The number of anilines is 2. The fourth-order valence-electron chi connectivity index (χ4n) is 13.4. The van der Waals surface area contributed by atoms with Gasteiger partial charge in [0.05, 0.1) is 44.9 Å². The Morgan fingerprint density at radius 3 is 1.88 bits per heavy atom. The summed E-state index contributed by atoms with van der Waals surface area (Å²) in [5.41, 5.74) is 11.2.